The van der Waals surface area contributed by atoms with Gasteiger partial charge in [-0.25, -0.2) is 18.1 Å². The molecule has 118 valence electrons. The first-order valence-corrected chi connectivity index (χ1v) is 8.81. The van der Waals surface area contributed by atoms with E-state index < -0.39 is 14.9 Å². The van der Waals surface area contributed by atoms with Crippen LogP contribution < -0.4 is 4.72 Å². The van der Waals surface area contributed by atoms with E-state index in [0.29, 0.717) is 12.0 Å². The summed E-state index contributed by atoms with van der Waals surface area (Å²) in [7, 11) is -3.69. The van der Waals surface area contributed by atoms with Gasteiger partial charge in [0.25, 0.3) is 5.69 Å². The smallest absolute Gasteiger partial charge is 0.258 e. The summed E-state index contributed by atoms with van der Waals surface area (Å²) in [6, 6.07) is 3.69. The van der Waals surface area contributed by atoms with Gasteiger partial charge >= 0.3 is 0 Å². The van der Waals surface area contributed by atoms with Gasteiger partial charge in [0.2, 0.25) is 10.0 Å². The molecule has 1 aromatic carbocycles. The minimum absolute atomic E-state index is 0.0487. The fourth-order valence-corrected chi connectivity index (χ4v) is 3.87. The van der Waals surface area contributed by atoms with Crippen molar-refractivity contribution in [3.8, 4) is 0 Å². The lowest BCUT2D eigenvalue weighted by Gasteiger charge is -2.08. The van der Waals surface area contributed by atoms with Crippen LogP contribution in [-0.2, 0) is 16.4 Å². The van der Waals surface area contributed by atoms with Gasteiger partial charge in [-0.1, -0.05) is 0 Å². The lowest BCUT2D eigenvalue weighted by molar-refractivity contribution is -0.385. The third-order valence-corrected chi connectivity index (χ3v) is 5.44. The van der Waals surface area contributed by atoms with Crippen LogP contribution in [0.4, 0.5) is 5.69 Å². The quantitative estimate of drug-likeness (QED) is 0.641. The van der Waals surface area contributed by atoms with Crippen molar-refractivity contribution in [1.82, 2.24) is 9.71 Å². The number of rotatable bonds is 6. The molecule has 22 heavy (non-hydrogen) atoms. The van der Waals surface area contributed by atoms with Crippen molar-refractivity contribution in [3.05, 3.63) is 50.0 Å². The van der Waals surface area contributed by atoms with E-state index in [4.69, 9.17) is 0 Å². The molecule has 0 aliphatic carbocycles. The third-order valence-electron chi connectivity index (χ3n) is 3.00. The molecule has 1 heterocycles. The molecular formula is C13H15N3O4S2. The number of nitro groups is 1. The monoisotopic (exact) mass is 341 g/mol. The van der Waals surface area contributed by atoms with Gasteiger partial charge in [-0.05, 0) is 25.5 Å². The highest BCUT2D eigenvalue weighted by atomic mass is 32.2. The Labute approximate surface area is 132 Å². The number of benzene rings is 1. The van der Waals surface area contributed by atoms with Crippen molar-refractivity contribution < 1.29 is 13.3 Å². The molecule has 0 atom stereocenters. The zero-order chi connectivity index (χ0) is 16.3. The maximum absolute atomic E-state index is 12.2. The van der Waals surface area contributed by atoms with Crippen molar-refractivity contribution in [1.29, 1.82) is 0 Å². The standard InChI is InChI=1S/C13H15N3O4S2/c1-9-7-12(16(17)18)3-4-13(9)22(19,20)14-6-5-11-8-21-10(2)15-11/h3-4,7-8,14H,5-6H2,1-2H3. The molecular weight excluding hydrogens is 326 g/mol. The number of aryl methyl sites for hydroxylation is 2. The Morgan fingerprint density at radius 3 is 2.64 bits per heavy atom. The van der Waals surface area contributed by atoms with Crippen molar-refractivity contribution in [2.75, 3.05) is 6.54 Å². The van der Waals surface area contributed by atoms with Crippen LogP contribution in [0.15, 0.2) is 28.5 Å². The molecule has 0 saturated carbocycles. The minimum atomic E-state index is -3.69. The van der Waals surface area contributed by atoms with Crippen molar-refractivity contribution in [2.24, 2.45) is 0 Å². The molecule has 1 aromatic heterocycles. The molecule has 0 radical (unpaired) electrons. The zero-order valence-electron chi connectivity index (χ0n) is 12.1. The van der Waals surface area contributed by atoms with Crippen molar-refractivity contribution in [3.63, 3.8) is 0 Å². The second-order valence-corrected chi connectivity index (χ2v) is 7.51. The average Bonchev–Trinajstić information content (AvgIpc) is 2.83. The number of nitro benzene ring substituents is 1. The zero-order valence-corrected chi connectivity index (χ0v) is 13.7. The molecule has 2 rings (SSSR count). The number of non-ortho nitro benzene ring substituents is 1. The number of hydrogen-bond donors (Lipinski definition) is 1. The SMILES string of the molecule is Cc1nc(CCNS(=O)(=O)c2ccc([N+](=O)[O-])cc2C)cs1. The van der Waals surface area contributed by atoms with E-state index in [1.807, 2.05) is 12.3 Å². The maximum atomic E-state index is 12.2. The maximum Gasteiger partial charge on any atom is 0.269 e. The van der Waals surface area contributed by atoms with E-state index in [2.05, 4.69) is 9.71 Å². The Morgan fingerprint density at radius 1 is 1.36 bits per heavy atom. The fraction of sp³-hybridized carbons (Fsp3) is 0.308. The van der Waals surface area contributed by atoms with E-state index >= 15 is 0 Å². The van der Waals surface area contributed by atoms with Gasteiger partial charge in [-0.15, -0.1) is 11.3 Å². The van der Waals surface area contributed by atoms with E-state index in [1.54, 1.807) is 0 Å². The van der Waals surface area contributed by atoms with Crippen LogP contribution in [0.1, 0.15) is 16.3 Å². The third kappa shape index (κ3) is 3.87. The Bertz CT molecular complexity index is 799. The highest BCUT2D eigenvalue weighted by Gasteiger charge is 2.19. The average molecular weight is 341 g/mol. The Hall–Kier alpha value is -1.84. The molecule has 0 amide bonds. The molecule has 7 nitrogen and oxygen atoms in total. The highest BCUT2D eigenvalue weighted by molar-refractivity contribution is 7.89. The summed E-state index contributed by atoms with van der Waals surface area (Å²) in [6.45, 7) is 3.64. The number of aromatic nitrogens is 1. The molecule has 9 heteroatoms. The van der Waals surface area contributed by atoms with Gasteiger partial charge in [0.15, 0.2) is 0 Å². The summed E-state index contributed by atoms with van der Waals surface area (Å²) in [4.78, 5) is 14.4. The first-order valence-electron chi connectivity index (χ1n) is 6.45. The Balaban J connectivity index is 2.08. The molecule has 0 aliphatic rings. The number of nitrogens with one attached hydrogen (secondary N) is 1. The van der Waals surface area contributed by atoms with Gasteiger partial charge in [0, 0.05) is 30.5 Å². The largest absolute Gasteiger partial charge is 0.269 e. The van der Waals surface area contributed by atoms with Crippen LogP contribution in [0.2, 0.25) is 0 Å². The summed E-state index contributed by atoms with van der Waals surface area (Å²) >= 11 is 1.51. The minimum Gasteiger partial charge on any atom is -0.258 e. The van der Waals surface area contributed by atoms with E-state index in [0.717, 1.165) is 10.7 Å². The first kappa shape index (κ1) is 16.5. The van der Waals surface area contributed by atoms with Crippen LogP contribution >= 0.6 is 11.3 Å². The lowest BCUT2D eigenvalue weighted by Crippen LogP contribution is -2.26. The summed E-state index contributed by atoms with van der Waals surface area (Å²) < 4.78 is 27.0. The highest BCUT2D eigenvalue weighted by Crippen LogP contribution is 2.20. The number of thiazole rings is 1. The Morgan fingerprint density at radius 2 is 2.09 bits per heavy atom. The first-order chi connectivity index (χ1) is 10.3. The van der Waals surface area contributed by atoms with Gasteiger partial charge in [-0.3, -0.25) is 10.1 Å². The number of hydrogen-bond acceptors (Lipinski definition) is 6. The molecule has 0 unspecified atom stereocenters. The topological polar surface area (TPSA) is 102 Å². The van der Waals surface area contributed by atoms with Gasteiger partial charge in [0.05, 0.1) is 20.5 Å². The molecule has 1 N–H and O–H groups in total. The van der Waals surface area contributed by atoms with E-state index in [9.17, 15) is 18.5 Å². The van der Waals surface area contributed by atoms with E-state index in [1.165, 1.54) is 36.5 Å². The summed E-state index contributed by atoms with van der Waals surface area (Å²) in [6.07, 6.45) is 0.496. The van der Waals surface area contributed by atoms with Crippen LogP contribution in [0.5, 0.6) is 0 Å². The molecule has 0 saturated heterocycles. The van der Waals surface area contributed by atoms with Crippen molar-refractivity contribution >= 4 is 27.0 Å². The number of nitrogens with zero attached hydrogens (tertiary/aromatic N) is 2. The molecule has 0 spiro atoms. The summed E-state index contributed by atoms with van der Waals surface area (Å²) in [5.74, 6) is 0. The molecule has 0 bridgehead atoms. The predicted octanol–water partition coefficient (Wildman–Crippen LogP) is 2.19. The second-order valence-electron chi connectivity index (χ2n) is 4.71. The van der Waals surface area contributed by atoms with Crippen molar-refractivity contribution in [2.45, 2.75) is 25.2 Å². The van der Waals surface area contributed by atoms with Crippen LogP contribution in [-0.4, -0.2) is 24.9 Å². The fourth-order valence-electron chi connectivity index (χ4n) is 1.96. The Kier molecular flexibility index (Phi) is 4.89. The molecule has 0 aliphatic heterocycles. The predicted molar refractivity (Wildman–Crippen MR) is 83.6 cm³/mol. The normalized spacial score (nSPS) is 11.5. The van der Waals surface area contributed by atoms with Gasteiger partial charge in [-0.2, -0.15) is 0 Å². The second kappa shape index (κ2) is 6.51. The lowest BCUT2D eigenvalue weighted by atomic mass is 10.2. The summed E-state index contributed by atoms with van der Waals surface area (Å²) in [5.41, 5.74) is 1.05. The molecule has 2 aromatic rings. The van der Waals surface area contributed by atoms with E-state index in [-0.39, 0.29) is 17.1 Å². The van der Waals surface area contributed by atoms with Gasteiger partial charge in [0.1, 0.15) is 0 Å². The van der Waals surface area contributed by atoms with Crippen LogP contribution in [0.3, 0.4) is 0 Å². The number of sulfonamides is 1. The van der Waals surface area contributed by atoms with Crippen LogP contribution in [0.25, 0.3) is 0 Å². The van der Waals surface area contributed by atoms with Crippen LogP contribution in [0, 0.1) is 24.0 Å². The van der Waals surface area contributed by atoms with Gasteiger partial charge < -0.3 is 0 Å². The molecule has 0 fully saturated rings. The summed E-state index contributed by atoms with van der Waals surface area (Å²) in [5, 5.41) is 13.5.